The van der Waals surface area contributed by atoms with Crippen LogP contribution in [0.2, 0.25) is 0 Å². The average molecular weight is 440 g/mol. The number of benzene rings is 3. The van der Waals surface area contributed by atoms with Crippen molar-refractivity contribution in [2.45, 2.75) is 37.8 Å². The third-order valence-corrected chi connectivity index (χ3v) is 6.49. The molecule has 6 nitrogen and oxygen atoms in total. The predicted octanol–water partition coefficient (Wildman–Crippen LogP) is 5.00. The molecule has 0 unspecified atom stereocenters. The van der Waals surface area contributed by atoms with E-state index >= 15 is 0 Å². The molecule has 1 heterocycles. The van der Waals surface area contributed by atoms with Gasteiger partial charge in [0.1, 0.15) is 5.82 Å². The molecule has 0 radical (unpaired) electrons. The Bertz CT molecular complexity index is 1240. The fourth-order valence-corrected chi connectivity index (χ4v) is 4.75. The van der Waals surface area contributed by atoms with Gasteiger partial charge in [-0.1, -0.05) is 48.5 Å². The zero-order valence-electron chi connectivity index (χ0n) is 19.1. The molecule has 1 saturated carbocycles. The highest BCUT2D eigenvalue weighted by Gasteiger charge is 2.24. The molecule has 1 aromatic heterocycles. The number of hydrogen-bond acceptors (Lipinski definition) is 5. The van der Waals surface area contributed by atoms with Gasteiger partial charge in [0.15, 0.2) is 0 Å². The maximum atomic E-state index is 13.5. The summed E-state index contributed by atoms with van der Waals surface area (Å²) in [6, 6.07) is 20.8. The quantitative estimate of drug-likeness (QED) is 0.428. The van der Waals surface area contributed by atoms with E-state index in [9.17, 15) is 4.79 Å². The van der Waals surface area contributed by atoms with Gasteiger partial charge in [-0.2, -0.15) is 4.98 Å². The fourth-order valence-electron chi connectivity index (χ4n) is 4.75. The van der Waals surface area contributed by atoms with E-state index in [4.69, 9.17) is 0 Å². The Morgan fingerprint density at radius 1 is 0.879 bits per heavy atom. The van der Waals surface area contributed by atoms with Crippen LogP contribution in [0.25, 0.3) is 21.5 Å². The Hall–Kier alpha value is -3.67. The van der Waals surface area contributed by atoms with Crippen LogP contribution >= 0.6 is 0 Å². The minimum atomic E-state index is 0.0152. The number of rotatable bonds is 5. The van der Waals surface area contributed by atoms with Gasteiger partial charge in [0.2, 0.25) is 5.95 Å². The Balaban J connectivity index is 1.28. The van der Waals surface area contributed by atoms with Gasteiger partial charge in [0, 0.05) is 32.4 Å². The molecule has 33 heavy (non-hydrogen) atoms. The molecule has 2 N–H and O–H groups in total. The van der Waals surface area contributed by atoms with Gasteiger partial charge in [-0.25, -0.2) is 4.98 Å². The summed E-state index contributed by atoms with van der Waals surface area (Å²) in [6.07, 6.45) is 5.58. The number of hydrogen-bond donors (Lipinski definition) is 2. The van der Waals surface area contributed by atoms with E-state index in [2.05, 4.69) is 38.8 Å². The third-order valence-electron chi connectivity index (χ3n) is 6.49. The molecule has 1 fully saturated rings. The van der Waals surface area contributed by atoms with E-state index in [1.807, 2.05) is 61.5 Å². The van der Waals surface area contributed by atoms with Gasteiger partial charge in [-0.3, -0.25) is 4.79 Å². The molecular weight excluding hydrogens is 410 g/mol. The van der Waals surface area contributed by atoms with Crippen LogP contribution in [0.1, 0.15) is 36.0 Å². The van der Waals surface area contributed by atoms with E-state index in [-0.39, 0.29) is 11.9 Å². The molecular formula is C27H29N5O. The smallest absolute Gasteiger partial charge is 0.252 e. The molecule has 0 bridgehead atoms. The molecule has 0 spiro atoms. The van der Waals surface area contributed by atoms with Gasteiger partial charge < -0.3 is 15.5 Å². The van der Waals surface area contributed by atoms with Crippen molar-refractivity contribution >= 4 is 39.2 Å². The minimum Gasteiger partial charge on any atom is -0.363 e. The summed E-state index contributed by atoms with van der Waals surface area (Å²) in [7, 11) is 3.94. The first-order chi connectivity index (χ1) is 16.1. The van der Waals surface area contributed by atoms with Crippen molar-refractivity contribution < 1.29 is 4.79 Å². The molecule has 0 aliphatic heterocycles. The molecule has 1 aliphatic rings. The van der Waals surface area contributed by atoms with E-state index in [0.29, 0.717) is 12.0 Å². The number of carbonyl (C=O) groups excluding carboxylic acids is 1. The van der Waals surface area contributed by atoms with Crippen molar-refractivity contribution in [1.29, 1.82) is 0 Å². The molecule has 1 amide bonds. The molecule has 4 aromatic rings. The zero-order valence-corrected chi connectivity index (χ0v) is 19.1. The Morgan fingerprint density at radius 2 is 1.48 bits per heavy atom. The van der Waals surface area contributed by atoms with Gasteiger partial charge >= 0.3 is 0 Å². The lowest BCUT2D eigenvalue weighted by molar-refractivity contribution is 0.0930. The molecule has 168 valence electrons. The van der Waals surface area contributed by atoms with Crippen LogP contribution in [0.3, 0.4) is 0 Å². The normalized spacial score (nSPS) is 18.2. The van der Waals surface area contributed by atoms with Crippen LogP contribution in [0.5, 0.6) is 0 Å². The van der Waals surface area contributed by atoms with Crippen molar-refractivity contribution in [2.75, 3.05) is 24.3 Å². The summed E-state index contributed by atoms with van der Waals surface area (Å²) in [5.41, 5.74) is 0.776. The van der Waals surface area contributed by atoms with E-state index in [0.717, 1.165) is 58.6 Å². The van der Waals surface area contributed by atoms with E-state index in [1.165, 1.54) is 0 Å². The fraction of sp³-hybridized carbons (Fsp3) is 0.296. The lowest BCUT2D eigenvalue weighted by Crippen LogP contribution is -2.40. The van der Waals surface area contributed by atoms with Crippen LogP contribution in [0.4, 0.5) is 11.8 Å². The molecule has 0 saturated heterocycles. The molecule has 5 rings (SSSR count). The number of fused-ring (bicyclic) bond motifs is 2. The van der Waals surface area contributed by atoms with Gasteiger partial charge in [0.05, 0.1) is 5.56 Å². The van der Waals surface area contributed by atoms with Gasteiger partial charge in [-0.15, -0.1) is 0 Å². The number of aromatic nitrogens is 2. The highest BCUT2D eigenvalue weighted by atomic mass is 16.1. The molecule has 0 atom stereocenters. The Labute approximate surface area is 194 Å². The van der Waals surface area contributed by atoms with Crippen LogP contribution in [0, 0.1) is 0 Å². The highest BCUT2D eigenvalue weighted by molar-refractivity contribution is 6.18. The summed E-state index contributed by atoms with van der Waals surface area (Å²) in [5, 5.41) is 11.0. The average Bonchev–Trinajstić information content (AvgIpc) is 2.83. The van der Waals surface area contributed by atoms with Gasteiger partial charge in [0.25, 0.3) is 5.91 Å². The first kappa shape index (κ1) is 21.2. The summed E-state index contributed by atoms with van der Waals surface area (Å²) < 4.78 is 0. The van der Waals surface area contributed by atoms with Crippen molar-refractivity contribution in [1.82, 2.24) is 15.3 Å². The number of carbonyl (C=O) groups is 1. The maximum Gasteiger partial charge on any atom is 0.252 e. The number of anilines is 2. The number of nitrogens with zero attached hydrogens (tertiary/aromatic N) is 3. The monoisotopic (exact) mass is 439 g/mol. The van der Waals surface area contributed by atoms with Crippen molar-refractivity contribution in [3.63, 3.8) is 0 Å². The van der Waals surface area contributed by atoms with E-state index < -0.39 is 0 Å². The first-order valence-corrected chi connectivity index (χ1v) is 11.6. The second-order valence-electron chi connectivity index (χ2n) is 8.99. The van der Waals surface area contributed by atoms with Crippen molar-refractivity contribution in [2.24, 2.45) is 0 Å². The van der Waals surface area contributed by atoms with Crippen LogP contribution in [-0.4, -0.2) is 42.1 Å². The summed E-state index contributed by atoms with van der Waals surface area (Å²) in [4.78, 5) is 24.4. The van der Waals surface area contributed by atoms with Gasteiger partial charge in [-0.05, 0) is 59.4 Å². The zero-order chi connectivity index (χ0) is 22.8. The number of amides is 1. The highest BCUT2D eigenvalue weighted by Crippen LogP contribution is 2.29. The van der Waals surface area contributed by atoms with Crippen LogP contribution in [-0.2, 0) is 0 Å². The Morgan fingerprint density at radius 3 is 2.12 bits per heavy atom. The summed E-state index contributed by atoms with van der Waals surface area (Å²) in [6.45, 7) is 0. The summed E-state index contributed by atoms with van der Waals surface area (Å²) >= 11 is 0. The number of nitrogens with one attached hydrogen (secondary N) is 2. The lowest BCUT2D eigenvalue weighted by atomic mass is 9.90. The molecule has 6 heteroatoms. The van der Waals surface area contributed by atoms with Crippen LogP contribution in [0.15, 0.2) is 66.9 Å². The predicted molar refractivity (Wildman–Crippen MR) is 135 cm³/mol. The standard InChI is InChI=1S/C27H29N5O/c1-32(2)24-15-16-28-27(31-24)30-21-13-11-20(12-14-21)29-26(33)25-22-9-5-3-7-18(22)17-19-8-4-6-10-23(19)25/h3-10,15-17,20-21H,11-14H2,1-2H3,(H,29,33)(H,28,30,31). The largest absolute Gasteiger partial charge is 0.363 e. The Kier molecular flexibility index (Phi) is 5.82. The lowest BCUT2D eigenvalue weighted by Gasteiger charge is -2.30. The van der Waals surface area contributed by atoms with E-state index in [1.54, 1.807) is 6.20 Å². The van der Waals surface area contributed by atoms with Crippen LogP contribution < -0.4 is 15.5 Å². The topological polar surface area (TPSA) is 70.2 Å². The third kappa shape index (κ3) is 4.46. The first-order valence-electron chi connectivity index (χ1n) is 11.6. The summed E-state index contributed by atoms with van der Waals surface area (Å²) in [5.74, 6) is 1.56. The van der Waals surface area contributed by atoms with Crippen molar-refractivity contribution in [3.8, 4) is 0 Å². The molecule has 3 aromatic carbocycles. The minimum absolute atomic E-state index is 0.0152. The van der Waals surface area contributed by atoms with Crippen molar-refractivity contribution in [3.05, 3.63) is 72.4 Å². The maximum absolute atomic E-state index is 13.5. The second-order valence-corrected chi connectivity index (χ2v) is 8.99. The SMILES string of the molecule is CN(C)c1ccnc(NC2CCC(NC(=O)c3c4ccccc4cc4ccccc34)CC2)n1. The second kappa shape index (κ2) is 9.06. The molecule has 1 aliphatic carbocycles.